The van der Waals surface area contributed by atoms with Crippen LogP contribution in [0.15, 0.2) is 53.2 Å². The zero-order valence-electron chi connectivity index (χ0n) is 22.2. The maximum atomic E-state index is 13.4. The van der Waals surface area contributed by atoms with Crippen LogP contribution in [0.5, 0.6) is 0 Å². The SMILES string of the molecule is C=CN=C/C=C/OC(CC)CCC(C)N(C)CCC1(C=O)CCCN(S(=O)c2cccc(Cl)c2C)C1. The van der Waals surface area contributed by atoms with E-state index in [2.05, 4.69) is 37.4 Å². The standard InChI is InChI=1S/C28H42ClN3O3S/c1-6-25(35-20-10-17-30-7-2)14-13-23(3)31(5)19-16-28(22-33)15-9-18-32(21-28)36(34)27-12-8-11-26(29)24(27)4/h7-8,10-12,17,20,22-23,25H,2,6,9,13-16,18-19,21H2,1,3-5H3/b20-10+,30-17?. The highest BCUT2D eigenvalue weighted by molar-refractivity contribution is 7.82. The molecule has 4 unspecified atom stereocenters. The van der Waals surface area contributed by atoms with Crippen LogP contribution in [-0.2, 0) is 20.5 Å². The highest BCUT2D eigenvalue weighted by Crippen LogP contribution is 2.34. The van der Waals surface area contributed by atoms with Crippen LogP contribution in [0, 0.1) is 12.3 Å². The lowest BCUT2D eigenvalue weighted by molar-refractivity contribution is -0.118. The third kappa shape index (κ3) is 8.94. The van der Waals surface area contributed by atoms with Crippen molar-refractivity contribution in [3.05, 3.63) is 53.9 Å². The van der Waals surface area contributed by atoms with Gasteiger partial charge in [-0.3, -0.25) is 4.99 Å². The van der Waals surface area contributed by atoms with Gasteiger partial charge in [0.25, 0.3) is 0 Å². The molecule has 1 aliphatic rings. The number of allylic oxidation sites excluding steroid dienone is 1. The van der Waals surface area contributed by atoms with Crippen LogP contribution in [0.4, 0.5) is 0 Å². The Balaban J connectivity index is 1.90. The Morgan fingerprint density at radius 3 is 2.86 bits per heavy atom. The number of halogens is 1. The summed E-state index contributed by atoms with van der Waals surface area (Å²) in [6, 6.07) is 5.87. The van der Waals surface area contributed by atoms with E-state index < -0.39 is 16.4 Å². The van der Waals surface area contributed by atoms with Crippen molar-refractivity contribution in [2.24, 2.45) is 10.4 Å². The molecule has 0 saturated carbocycles. The summed E-state index contributed by atoms with van der Waals surface area (Å²) in [5.74, 6) is 0. The van der Waals surface area contributed by atoms with E-state index in [1.165, 1.54) is 6.20 Å². The van der Waals surface area contributed by atoms with Gasteiger partial charge in [0, 0.05) is 42.0 Å². The van der Waals surface area contributed by atoms with Gasteiger partial charge in [0.15, 0.2) is 0 Å². The van der Waals surface area contributed by atoms with Crippen LogP contribution >= 0.6 is 11.6 Å². The molecular formula is C28H42ClN3O3S. The third-order valence-corrected chi connectivity index (χ3v) is 9.18. The van der Waals surface area contributed by atoms with E-state index >= 15 is 0 Å². The van der Waals surface area contributed by atoms with Gasteiger partial charge in [-0.15, -0.1) is 0 Å². The lowest BCUT2D eigenvalue weighted by atomic mass is 9.79. The highest BCUT2D eigenvalue weighted by Gasteiger charge is 2.38. The lowest BCUT2D eigenvalue weighted by Gasteiger charge is -2.40. The number of benzene rings is 1. The normalized spacial score (nSPS) is 21.6. The first-order valence-electron chi connectivity index (χ1n) is 12.8. The predicted molar refractivity (Wildman–Crippen MR) is 151 cm³/mol. The number of aliphatic imine (C=N–C) groups is 1. The fraction of sp³-hybridized carbons (Fsp3) is 0.571. The minimum Gasteiger partial charge on any atom is -0.498 e. The first-order chi connectivity index (χ1) is 17.3. The van der Waals surface area contributed by atoms with Gasteiger partial charge in [-0.2, -0.15) is 0 Å². The maximum Gasteiger partial charge on any atom is 0.127 e. The summed E-state index contributed by atoms with van der Waals surface area (Å²) >= 11 is 6.26. The Kier molecular flexibility index (Phi) is 13.1. The van der Waals surface area contributed by atoms with Crippen molar-refractivity contribution in [3.63, 3.8) is 0 Å². The van der Waals surface area contributed by atoms with Crippen LogP contribution in [0.25, 0.3) is 0 Å². The van der Waals surface area contributed by atoms with Gasteiger partial charge in [0.1, 0.15) is 17.3 Å². The number of hydrogen-bond acceptors (Lipinski definition) is 5. The quantitative estimate of drug-likeness (QED) is 0.158. The number of rotatable bonds is 15. The number of ether oxygens (including phenoxy) is 1. The Morgan fingerprint density at radius 1 is 1.39 bits per heavy atom. The van der Waals surface area contributed by atoms with Gasteiger partial charge in [0.2, 0.25) is 0 Å². The lowest BCUT2D eigenvalue weighted by Crippen LogP contribution is -2.46. The molecule has 4 atom stereocenters. The van der Waals surface area contributed by atoms with Gasteiger partial charge in [-0.25, -0.2) is 8.51 Å². The highest BCUT2D eigenvalue weighted by atomic mass is 35.5. The molecular weight excluding hydrogens is 494 g/mol. The summed E-state index contributed by atoms with van der Waals surface area (Å²) in [6.45, 7) is 11.8. The molecule has 8 heteroatoms. The van der Waals surface area contributed by atoms with Crippen molar-refractivity contribution in [3.8, 4) is 0 Å². The first kappa shape index (κ1) is 30.4. The summed E-state index contributed by atoms with van der Waals surface area (Å²) < 4.78 is 21.1. The molecule has 0 aromatic heterocycles. The Hall–Kier alpha value is -1.80. The fourth-order valence-electron chi connectivity index (χ4n) is 4.47. The Morgan fingerprint density at radius 2 is 2.17 bits per heavy atom. The van der Waals surface area contributed by atoms with Crippen LogP contribution in [0.1, 0.15) is 57.9 Å². The van der Waals surface area contributed by atoms with Crippen molar-refractivity contribution < 1.29 is 13.7 Å². The average molecular weight is 536 g/mol. The molecule has 0 radical (unpaired) electrons. The molecule has 1 saturated heterocycles. The smallest absolute Gasteiger partial charge is 0.127 e. The van der Waals surface area contributed by atoms with Crippen molar-refractivity contribution in [1.29, 1.82) is 0 Å². The number of hydrogen-bond donors (Lipinski definition) is 0. The van der Waals surface area contributed by atoms with Crippen LogP contribution < -0.4 is 0 Å². The van der Waals surface area contributed by atoms with Crippen LogP contribution in [-0.4, -0.2) is 64.7 Å². The molecule has 1 heterocycles. The summed E-state index contributed by atoms with van der Waals surface area (Å²) in [5.41, 5.74) is 0.351. The molecule has 0 aliphatic carbocycles. The van der Waals surface area contributed by atoms with E-state index in [0.717, 1.165) is 61.8 Å². The van der Waals surface area contributed by atoms with E-state index in [9.17, 15) is 9.00 Å². The monoisotopic (exact) mass is 535 g/mol. The van der Waals surface area contributed by atoms with Crippen molar-refractivity contribution in [2.45, 2.75) is 76.3 Å². The molecule has 36 heavy (non-hydrogen) atoms. The van der Waals surface area contributed by atoms with Crippen molar-refractivity contribution in [2.75, 3.05) is 26.7 Å². The fourth-order valence-corrected chi connectivity index (χ4v) is 6.22. The number of aldehydes is 1. The molecule has 1 aromatic carbocycles. The largest absolute Gasteiger partial charge is 0.498 e. The maximum absolute atomic E-state index is 13.4. The summed E-state index contributed by atoms with van der Waals surface area (Å²) in [6.07, 6.45) is 13.2. The van der Waals surface area contributed by atoms with Gasteiger partial charge in [0.05, 0.1) is 17.3 Å². The second kappa shape index (κ2) is 15.5. The van der Waals surface area contributed by atoms with E-state index in [0.29, 0.717) is 24.2 Å². The molecule has 0 amide bonds. The topological polar surface area (TPSA) is 62.2 Å². The molecule has 1 aromatic rings. The molecule has 0 bridgehead atoms. The van der Waals surface area contributed by atoms with Gasteiger partial charge in [-0.05, 0) is 89.7 Å². The second-order valence-electron chi connectivity index (χ2n) is 9.69. The molecule has 6 nitrogen and oxygen atoms in total. The summed E-state index contributed by atoms with van der Waals surface area (Å²) in [4.78, 5) is 19.3. The zero-order chi connectivity index (χ0) is 26.6. The third-order valence-electron chi connectivity index (χ3n) is 7.17. The first-order valence-corrected chi connectivity index (χ1v) is 14.3. The predicted octanol–water partition coefficient (Wildman–Crippen LogP) is 5.97. The van der Waals surface area contributed by atoms with Crippen LogP contribution in [0.3, 0.4) is 0 Å². The van der Waals surface area contributed by atoms with E-state index in [4.69, 9.17) is 16.3 Å². The summed E-state index contributed by atoms with van der Waals surface area (Å²) in [7, 11) is 0.782. The van der Waals surface area contributed by atoms with E-state index in [-0.39, 0.29) is 6.10 Å². The number of piperidine rings is 1. The van der Waals surface area contributed by atoms with Gasteiger partial charge < -0.3 is 14.4 Å². The van der Waals surface area contributed by atoms with Crippen molar-refractivity contribution >= 4 is 35.1 Å². The minimum absolute atomic E-state index is 0.160. The van der Waals surface area contributed by atoms with Crippen molar-refractivity contribution in [1.82, 2.24) is 9.21 Å². The molecule has 1 aliphatic heterocycles. The number of carbonyl (C=O) groups excluding carboxylic acids is 1. The molecule has 0 N–H and O–H groups in total. The number of nitrogens with zero attached hydrogens (tertiary/aromatic N) is 3. The molecule has 200 valence electrons. The van der Waals surface area contributed by atoms with E-state index in [1.807, 2.05) is 29.4 Å². The van der Waals surface area contributed by atoms with Gasteiger partial charge >= 0.3 is 0 Å². The molecule has 1 fully saturated rings. The minimum atomic E-state index is -1.33. The summed E-state index contributed by atoms with van der Waals surface area (Å²) in [5, 5.41) is 0.614. The molecule has 2 rings (SSSR count). The zero-order valence-corrected chi connectivity index (χ0v) is 23.8. The van der Waals surface area contributed by atoms with E-state index in [1.54, 1.807) is 18.6 Å². The average Bonchev–Trinajstić information content (AvgIpc) is 2.90. The Bertz CT molecular complexity index is 939. The number of carbonyl (C=O) groups is 1. The Labute approximate surface area is 225 Å². The second-order valence-corrected chi connectivity index (χ2v) is 11.6. The van der Waals surface area contributed by atoms with Crippen LogP contribution in [0.2, 0.25) is 5.02 Å². The van der Waals surface area contributed by atoms with Gasteiger partial charge in [-0.1, -0.05) is 31.2 Å². The molecule has 0 spiro atoms.